The van der Waals surface area contributed by atoms with Crippen molar-refractivity contribution in [1.29, 1.82) is 0 Å². The van der Waals surface area contributed by atoms with Crippen molar-refractivity contribution in [3.8, 4) is 0 Å². The van der Waals surface area contributed by atoms with Crippen molar-refractivity contribution < 1.29 is 58.3 Å². The van der Waals surface area contributed by atoms with Gasteiger partial charge in [0.05, 0.1) is 13.2 Å². The molecule has 1 fully saturated rings. The van der Waals surface area contributed by atoms with E-state index in [1.165, 1.54) is 96.3 Å². The highest BCUT2D eigenvalue weighted by atomic mass is 31.2. The Kier molecular flexibility index (Phi) is 37.3. The van der Waals surface area contributed by atoms with E-state index in [1.54, 1.807) is 0 Å². The Balaban J connectivity index is 2.32. The average Bonchev–Trinajstić information content (AvgIpc) is 3.26. The molecule has 0 aromatic rings. The molecule has 13 heteroatoms. The molecule has 0 aromatic carbocycles. The fourth-order valence-corrected chi connectivity index (χ4v) is 8.32. The number of aliphatic hydroxyl groups is 5. The lowest BCUT2D eigenvalue weighted by molar-refractivity contribution is -0.220. The number of unbranched alkanes of at least 4 members (excludes halogenated alkanes) is 21. The second kappa shape index (κ2) is 39.6. The first-order valence-corrected chi connectivity index (χ1v) is 26.0. The molecule has 6 atom stereocenters. The minimum absolute atomic E-state index is 0.0769. The summed E-state index contributed by atoms with van der Waals surface area (Å²) in [5.41, 5.74) is 0. The number of esters is 1. The fraction of sp³-hybridized carbons (Fsp3) is 0.816. The molecule has 0 saturated heterocycles. The van der Waals surface area contributed by atoms with E-state index < -0.39 is 63.1 Å². The Hall–Kier alpha value is -1.70. The molecule has 0 radical (unpaired) electrons. The van der Waals surface area contributed by atoms with Gasteiger partial charge in [0.15, 0.2) is 0 Å². The third-order valence-corrected chi connectivity index (χ3v) is 12.2. The van der Waals surface area contributed by atoms with Crippen LogP contribution in [0.5, 0.6) is 0 Å². The van der Waals surface area contributed by atoms with Crippen molar-refractivity contribution in [3.63, 3.8) is 0 Å². The first-order chi connectivity index (χ1) is 30.0. The Morgan fingerprint density at radius 2 is 0.952 bits per heavy atom. The summed E-state index contributed by atoms with van der Waals surface area (Å²) in [6.07, 6.45) is 36.1. The summed E-state index contributed by atoms with van der Waals surface area (Å²) in [4.78, 5) is 23.2. The van der Waals surface area contributed by atoms with Gasteiger partial charge in [-0.15, -0.1) is 0 Å². The van der Waals surface area contributed by atoms with Crippen LogP contribution >= 0.6 is 7.82 Å². The van der Waals surface area contributed by atoms with E-state index in [4.69, 9.17) is 18.5 Å². The zero-order valence-electron chi connectivity index (χ0n) is 38.7. The molecule has 0 spiro atoms. The lowest BCUT2D eigenvalue weighted by atomic mass is 9.85. The van der Waals surface area contributed by atoms with Crippen LogP contribution < -0.4 is 0 Å². The quantitative estimate of drug-likeness (QED) is 0.0147. The molecule has 62 heavy (non-hydrogen) atoms. The average molecular weight is 901 g/mol. The molecule has 1 aliphatic rings. The van der Waals surface area contributed by atoms with Gasteiger partial charge in [-0.1, -0.05) is 184 Å². The largest absolute Gasteiger partial charge is 0.472 e. The van der Waals surface area contributed by atoms with Crippen LogP contribution in [-0.2, 0) is 27.9 Å². The minimum Gasteiger partial charge on any atom is -0.457 e. The number of hydrogen-bond acceptors (Lipinski definition) is 11. The molecule has 362 valence electrons. The third kappa shape index (κ3) is 31.2. The number of phosphoric ester groups is 1. The van der Waals surface area contributed by atoms with Gasteiger partial charge in [-0.25, -0.2) is 4.57 Å². The van der Waals surface area contributed by atoms with Crippen LogP contribution in [0.3, 0.4) is 0 Å². The zero-order chi connectivity index (χ0) is 45.5. The summed E-state index contributed by atoms with van der Waals surface area (Å²) in [6, 6.07) is 0. The van der Waals surface area contributed by atoms with E-state index in [0.29, 0.717) is 13.0 Å². The Bertz CT molecular complexity index is 1210. The number of carbonyl (C=O) groups is 1. The summed E-state index contributed by atoms with van der Waals surface area (Å²) < 4.78 is 34.2. The molecule has 0 bridgehead atoms. The van der Waals surface area contributed by atoms with Crippen molar-refractivity contribution in [3.05, 3.63) is 48.6 Å². The van der Waals surface area contributed by atoms with Crippen molar-refractivity contribution >= 4 is 13.8 Å². The van der Waals surface area contributed by atoms with Crippen LogP contribution in [0.15, 0.2) is 48.6 Å². The zero-order valence-corrected chi connectivity index (χ0v) is 39.6. The first-order valence-electron chi connectivity index (χ1n) is 24.5. The maximum absolute atomic E-state index is 12.8. The molecule has 12 nitrogen and oxygen atoms in total. The van der Waals surface area contributed by atoms with Crippen LogP contribution in [0.4, 0.5) is 0 Å². The number of allylic oxidation sites excluding steroid dienone is 8. The van der Waals surface area contributed by atoms with E-state index in [2.05, 4.69) is 62.5 Å². The number of carbonyl (C=O) groups excluding carboxylic acids is 1. The molecular formula is C49H89O12P. The molecule has 0 aromatic heterocycles. The van der Waals surface area contributed by atoms with Crippen LogP contribution in [0, 0.1) is 0 Å². The predicted octanol–water partition coefficient (Wildman–Crippen LogP) is 10.4. The SMILES string of the molecule is CC/C=C\C/C=C\C/C=C\C/C=C\CCCCCCCCCCCCC(=O)OC(COCCCCCCCCCCCCCC)COP(=O)(O)OC1C(O)C(O)C(O)C(O)C1O. The van der Waals surface area contributed by atoms with Gasteiger partial charge in [-0.2, -0.15) is 0 Å². The van der Waals surface area contributed by atoms with Gasteiger partial charge in [0.2, 0.25) is 0 Å². The lowest BCUT2D eigenvalue weighted by Gasteiger charge is -2.41. The Morgan fingerprint density at radius 1 is 0.532 bits per heavy atom. The van der Waals surface area contributed by atoms with Crippen molar-refractivity contribution in [2.45, 2.75) is 236 Å². The second-order valence-electron chi connectivity index (χ2n) is 16.9. The smallest absolute Gasteiger partial charge is 0.457 e. The van der Waals surface area contributed by atoms with E-state index in [9.17, 15) is 39.8 Å². The van der Waals surface area contributed by atoms with Crippen molar-refractivity contribution in [2.75, 3.05) is 19.8 Å². The summed E-state index contributed by atoms with van der Waals surface area (Å²) in [5, 5.41) is 50.2. The molecule has 0 aliphatic heterocycles. The monoisotopic (exact) mass is 901 g/mol. The van der Waals surface area contributed by atoms with E-state index in [-0.39, 0.29) is 13.0 Å². The molecule has 0 heterocycles. The van der Waals surface area contributed by atoms with Gasteiger partial charge >= 0.3 is 13.8 Å². The highest BCUT2D eigenvalue weighted by molar-refractivity contribution is 7.47. The maximum atomic E-state index is 12.8. The van der Waals surface area contributed by atoms with Gasteiger partial charge in [0, 0.05) is 13.0 Å². The van der Waals surface area contributed by atoms with Crippen molar-refractivity contribution in [1.82, 2.24) is 0 Å². The lowest BCUT2D eigenvalue weighted by Crippen LogP contribution is -2.64. The standard InChI is InChI=1S/C49H89O12P/c1-3-5-7-9-11-13-15-17-18-19-20-21-22-23-24-25-26-27-28-30-32-34-36-38-43(50)60-42(40-58-39-37-35-33-31-29-16-14-12-10-8-6-4-2)41-59-62(56,57)61-49-47(54)45(52)44(51)46(53)48(49)55/h5,7,11,13,17-18,20-21,42,44-49,51-55H,3-4,6,8-10,12,14-16,19,22-41H2,1-2H3,(H,56,57)/b7-5-,13-11-,18-17-,21-20-. The highest BCUT2D eigenvalue weighted by Gasteiger charge is 2.51. The van der Waals surface area contributed by atoms with Crippen LogP contribution in [0.25, 0.3) is 0 Å². The van der Waals surface area contributed by atoms with Crippen LogP contribution in [0.1, 0.15) is 194 Å². The normalized spacial score (nSPS) is 22.4. The molecule has 1 aliphatic carbocycles. The number of phosphoric acid groups is 1. The summed E-state index contributed by atoms with van der Waals surface area (Å²) >= 11 is 0. The second-order valence-corrected chi connectivity index (χ2v) is 18.3. The number of hydrogen-bond donors (Lipinski definition) is 6. The highest BCUT2D eigenvalue weighted by Crippen LogP contribution is 2.47. The van der Waals surface area contributed by atoms with Crippen LogP contribution in [0.2, 0.25) is 0 Å². The van der Waals surface area contributed by atoms with Gasteiger partial charge in [0.25, 0.3) is 0 Å². The first kappa shape index (κ1) is 58.3. The van der Waals surface area contributed by atoms with E-state index >= 15 is 0 Å². The molecule has 6 unspecified atom stereocenters. The summed E-state index contributed by atoms with van der Waals surface area (Å²) in [6.45, 7) is 4.15. The minimum atomic E-state index is -5.02. The molecule has 1 saturated carbocycles. The van der Waals surface area contributed by atoms with Gasteiger partial charge < -0.3 is 39.9 Å². The van der Waals surface area contributed by atoms with Gasteiger partial charge in [-0.05, 0) is 51.4 Å². The topological polar surface area (TPSA) is 192 Å². The van der Waals surface area contributed by atoms with Gasteiger partial charge in [-0.3, -0.25) is 13.8 Å². The molecule has 0 amide bonds. The van der Waals surface area contributed by atoms with E-state index in [0.717, 1.165) is 70.6 Å². The summed E-state index contributed by atoms with van der Waals surface area (Å²) in [5.74, 6) is -0.482. The van der Waals surface area contributed by atoms with Gasteiger partial charge in [0.1, 0.15) is 42.7 Å². The summed E-state index contributed by atoms with van der Waals surface area (Å²) in [7, 11) is -5.02. The van der Waals surface area contributed by atoms with Crippen molar-refractivity contribution in [2.24, 2.45) is 0 Å². The van der Waals surface area contributed by atoms with Crippen LogP contribution in [-0.4, -0.2) is 98.9 Å². The number of aliphatic hydroxyl groups excluding tert-OH is 5. The number of rotatable bonds is 41. The predicted molar refractivity (Wildman–Crippen MR) is 249 cm³/mol. The molecular weight excluding hydrogens is 812 g/mol. The third-order valence-electron chi connectivity index (χ3n) is 11.2. The Labute approximate surface area is 375 Å². The van der Waals surface area contributed by atoms with E-state index in [1.807, 2.05) is 0 Å². The maximum Gasteiger partial charge on any atom is 0.472 e. The fourth-order valence-electron chi connectivity index (χ4n) is 7.35. The Morgan fingerprint density at radius 3 is 1.45 bits per heavy atom. The molecule has 6 N–H and O–H groups in total. The number of ether oxygens (including phenoxy) is 2. The molecule has 1 rings (SSSR count).